The maximum atomic E-state index is 5.83. The van der Waals surface area contributed by atoms with Gasteiger partial charge in [-0.3, -0.25) is 0 Å². The van der Waals surface area contributed by atoms with Crippen molar-refractivity contribution in [3.8, 4) is 5.88 Å². The summed E-state index contributed by atoms with van der Waals surface area (Å²) in [5.41, 5.74) is 6.40. The second kappa shape index (κ2) is 7.19. The van der Waals surface area contributed by atoms with Crippen molar-refractivity contribution in [1.29, 1.82) is 0 Å². The highest BCUT2D eigenvalue weighted by Crippen LogP contribution is 2.21. The first-order chi connectivity index (χ1) is 8.90. The number of rotatable bonds is 7. The molecule has 1 heterocycles. The van der Waals surface area contributed by atoms with Gasteiger partial charge in [0.05, 0.1) is 11.8 Å². The zero-order valence-electron chi connectivity index (χ0n) is 12.6. The summed E-state index contributed by atoms with van der Waals surface area (Å²) in [6.07, 6.45) is 0.0668. The van der Waals surface area contributed by atoms with Gasteiger partial charge >= 0.3 is 0 Å². The van der Waals surface area contributed by atoms with Crippen molar-refractivity contribution in [3.63, 3.8) is 0 Å². The molecule has 0 saturated heterocycles. The summed E-state index contributed by atoms with van der Waals surface area (Å²) < 4.78 is 5.56. The molecule has 108 valence electrons. The second-order valence-electron chi connectivity index (χ2n) is 5.26. The number of hydrogen-bond acceptors (Lipinski definition) is 5. The lowest BCUT2D eigenvalue weighted by Crippen LogP contribution is -2.31. The van der Waals surface area contributed by atoms with Crippen molar-refractivity contribution >= 4 is 11.5 Å². The van der Waals surface area contributed by atoms with E-state index in [-0.39, 0.29) is 6.10 Å². The predicted molar refractivity (Wildman–Crippen MR) is 80.7 cm³/mol. The van der Waals surface area contributed by atoms with Gasteiger partial charge in [-0.2, -0.15) is 4.98 Å². The Morgan fingerprint density at radius 1 is 1.32 bits per heavy atom. The highest BCUT2D eigenvalue weighted by atomic mass is 16.5. The maximum absolute atomic E-state index is 5.83. The number of nitrogens with one attached hydrogen (secondary N) is 1. The van der Waals surface area contributed by atoms with Gasteiger partial charge in [0.15, 0.2) is 0 Å². The van der Waals surface area contributed by atoms with Crippen molar-refractivity contribution in [2.24, 2.45) is 0 Å². The minimum Gasteiger partial charge on any atom is -0.473 e. The monoisotopic (exact) mass is 266 g/mol. The minimum absolute atomic E-state index is 0.0668. The number of ether oxygens (including phenoxy) is 1. The molecule has 0 fully saturated rings. The average Bonchev–Trinajstić information content (AvgIpc) is 2.32. The maximum Gasteiger partial charge on any atom is 0.239 e. The first-order valence-corrected chi connectivity index (χ1v) is 6.77. The van der Waals surface area contributed by atoms with Gasteiger partial charge in [-0.15, -0.1) is 0 Å². The van der Waals surface area contributed by atoms with Gasteiger partial charge in [0.1, 0.15) is 5.82 Å². The zero-order valence-corrected chi connectivity index (χ0v) is 12.6. The lowest BCUT2D eigenvalue weighted by atomic mass is 10.3. The van der Waals surface area contributed by atoms with Crippen LogP contribution in [0, 0.1) is 0 Å². The molecule has 19 heavy (non-hydrogen) atoms. The largest absolute Gasteiger partial charge is 0.473 e. The topological polar surface area (TPSA) is 63.4 Å². The Hall–Kier alpha value is -1.49. The molecule has 5 heteroatoms. The van der Waals surface area contributed by atoms with Crippen LogP contribution in [-0.4, -0.2) is 42.2 Å². The Kier molecular flexibility index (Phi) is 5.89. The van der Waals surface area contributed by atoms with Gasteiger partial charge in [0, 0.05) is 19.1 Å². The molecule has 0 atom stereocenters. The van der Waals surface area contributed by atoms with Crippen molar-refractivity contribution in [2.75, 3.05) is 31.2 Å². The number of aromatic nitrogens is 1. The van der Waals surface area contributed by atoms with E-state index < -0.39 is 0 Å². The number of hydrogen-bond donors (Lipinski definition) is 2. The number of anilines is 2. The molecule has 0 aliphatic rings. The molecule has 0 bridgehead atoms. The van der Waals surface area contributed by atoms with Crippen LogP contribution in [0.15, 0.2) is 12.1 Å². The van der Waals surface area contributed by atoms with E-state index in [1.54, 1.807) is 0 Å². The van der Waals surface area contributed by atoms with Crippen LogP contribution in [0.4, 0.5) is 11.5 Å². The highest BCUT2D eigenvalue weighted by molar-refractivity contribution is 5.53. The molecular formula is C14H26N4O. The van der Waals surface area contributed by atoms with E-state index >= 15 is 0 Å². The van der Waals surface area contributed by atoms with Gasteiger partial charge in [0.25, 0.3) is 0 Å². The van der Waals surface area contributed by atoms with Crippen molar-refractivity contribution in [1.82, 2.24) is 9.88 Å². The number of nitrogens with zero attached hydrogens (tertiary/aromatic N) is 2. The van der Waals surface area contributed by atoms with E-state index in [0.29, 0.717) is 17.6 Å². The SMILES string of the molecule is CC(C)Oc1nc(NCCN(C)C(C)C)ccc1N. The van der Waals surface area contributed by atoms with Crippen molar-refractivity contribution in [3.05, 3.63) is 12.1 Å². The molecule has 1 aromatic heterocycles. The van der Waals surface area contributed by atoms with E-state index in [4.69, 9.17) is 10.5 Å². The first kappa shape index (κ1) is 15.6. The molecule has 0 aliphatic heterocycles. The van der Waals surface area contributed by atoms with Crippen LogP contribution in [0.2, 0.25) is 0 Å². The lowest BCUT2D eigenvalue weighted by Gasteiger charge is -2.21. The van der Waals surface area contributed by atoms with E-state index in [2.05, 4.69) is 36.1 Å². The number of likely N-dealkylation sites (N-methyl/N-ethyl adjacent to an activating group) is 1. The number of nitrogens with two attached hydrogens (primary N) is 1. The third-order valence-electron chi connectivity index (χ3n) is 2.89. The Balaban J connectivity index is 2.55. The van der Waals surface area contributed by atoms with Crippen LogP contribution in [0.1, 0.15) is 27.7 Å². The Labute approximate surface area is 116 Å². The van der Waals surface area contributed by atoms with E-state index in [0.717, 1.165) is 18.9 Å². The van der Waals surface area contributed by atoms with Gasteiger partial charge in [-0.05, 0) is 46.9 Å². The summed E-state index contributed by atoms with van der Waals surface area (Å²) >= 11 is 0. The molecule has 0 radical (unpaired) electrons. The molecule has 0 saturated carbocycles. The van der Waals surface area contributed by atoms with Crippen molar-refractivity contribution < 1.29 is 4.74 Å². The molecule has 5 nitrogen and oxygen atoms in total. The fraction of sp³-hybridized carbons (Fsp3) is 0.643. The van der Waals surface area contributed by atoms with E-state index in [1.807, 2.05) is 26.0 Å². The summed E-state index contributed by atoms with van der Waals surface area (Å²) in [6, 6.07) is 4.23. The third kappa shape index (κ3) is 5.34. The highest BCUT2D eigenvalue weighted by Gasteiger charge is 2.07. The molecule has 0 amide bonds. The Morgan fingerprint density at radius 2 is 2.00 bits per heavy atom. The standard InChI is InChI=1S/C14H26N4O/c1-10(2)18(5)9-8-16-13-7-6-12(15)14(17-13)19-11(3)4/h6-7,10-11H,8-9,15H2,1-5H3,(H,16,17). The number of nitrogen functional groups attached to an aromatic ring is 1. The molecule has 3 N–H and O–H groups in total. The molecule has 0 aromatic carbocycles. The normalized spacial score (nSPS) is 11.4. The molecule has 1 rings (SSSR count). The Morgan fingerprint density at radius 3 is 2.58 bits per heavy atom. The summed E-state index contributed by atoms with van der Waals surface area (Å²) in [7, 11) is 2.11. The lowest BCUT2D eigenvalue weighted by molar-refractivity contribution is 0.234. The minimum atomic E-state index is 0.0668. The van der Waals surface area contributed by atoms with E-state index in [1.165, 1.54) is 0 Å². The summed E-state index contributed by atoms with van der Waals surface area (Å²) in [5, 5.41) is 3.28. The molecular weight excluding hydrogens is 240 g/mol. The smallest absolute Gasteiger partial charge is 0.239 e. The summed E-state index contributed by atoms with van der Waals surface area (Å²) in [4.78, 5) is 6.65. The van der Waals surface area contributed by atoms with Crippen LogP contribution >= 0.6 is 0 Å². The molecule has 0 aliphatic carbocycles. The van der Waals surface area contributed by atoms with Gasteiger partial charge in [-0.25, -0.2) is 0 Å². The van der Waals surface area contributed by atoms with Crippen molar-refractivity contribution in [2.45, 2.75) is 39.8 Å². The summed E-state index contributed by atoms with van der Waals surface area (Å²) in [6.45, 7) is 10.1. The second-order valence-corrected chi connectivity index (χ2v) is 5.26. The predicted octanol–water partition coefficient (Wildman–Crippen LogP) is 2.20. The Bertz CT molecular complexity index is 393. The van der Waals surface area contributed by atoms with Gasteiger partial charge in [-0.1, -0.05) is 0 Å². The quantitative estimate of drug-likeness (QED) is 0.792. The van der Waals surface area contributed by atoms with Crippen LogP contribution in [-0.2, 0) is 0 Å². The fourth-order valence-electron chi connectivity index (χ4n) is 1.49. The van der Waals surface area contributed by atoms with Gasteiger partial charge < -0.3 is 20.7 Å². The van der Waals surface area contributed by atoms with Crippen LogP contribution in [0.25, 0.3) is 0 Å². The molecule has 0 unspecified atom stereocenters. The van der Waals surface area contributed by atoms with Crippen LogP contribution < -0.4 is 15.8 Å². The first-order valence-electron chi connectivity index (χ1n) is 6.77. The van der Waals surface area contributed by atoms with Crippen LogP contribution in [0.3, 0.4) is 0 Å². The third-order valence-corrected chi connectivity index (χ3v) is 2.89. The fourth-order valence-corrected chi connectivity index (χ4v) is 1.49. The number of pyridine rings is 1. The van der Waals surface area contributed by atoms with Gasteiger partial charge in [0.2, 0.25) is 5.88 Å². The molecule has 0 spiro atoms. The van der Waals surface area contributed by atoms with E-state index in [9.17, 15) is 0 Å². The average molecular weight is 266 g/mol. The zero-order chi connectivity index (χ0) is 14.4. The van der Waals surface area contributed by atoms with Crippen LogP contribution in [0.5, 0.6) is 5.88 Å². The molecule has 1 aromatic rings. The summed E-state index contributed by atoms with van der Waals surface area (Å²) in [5.74, 6) is 1.29.